The summed E-state index contributed by atoms with van der Waals surface area (Å²) >= 11 is 0. The summed E-state index contributed by atoms with van der Waals surface area (Å²) in [6.45, 7) is 13.3. The number of nitrogens with zero attached hydrogens (tertiary/aromatic N) is 3. The van der Waals surface area contributed by atoms with Crippen LogP contribution >= 0.6 is 0 Å². The predicted molar refractivity (Wildman–Crippen MR) is 128 cm³/mol. The van der Waals surface area contributed by atoms with Gasteiger partial charge in [-0.05, 0) is 75.1 Å². The number of para-hydroxylation sites is 2. The molecule has 0 bridgehead atoms. The minimum atomic E-state index is -0.0950. The Balaban J connectivity index is 1.69. The van der Waals surface area contributed by atoms with Gasteiger partial charge in [-0.3, -0.25) is 0 Å². The number of rotatable bonds is 2. The van der Waals surface area contributed by atoms with Gasteiger partial charge in [-0.25, -0.2) is 9.97 Å². The number of aromatic nitrogens is 3. The molecule has 0 aliphatic rings. The molecular formula is C27H29N3O. The molecule has 3 heterocycles. The first-order valence-electron chi connectivity index (χ1n) is 10.9. The third kappa shape index (κ3) is 3.50. The Hall–Kier alpha value is -3.14. The third-order valence-electron chi connectivity index (χ3n) is 5.60. The zero-order valence-corrected chi connectivity index (χ0v) is 19.2. The topological polar surface area (TPSA) is 43.9 Å². The van der Waals surface area contributed by atoms with Gasteiger partial charge in [0, 0.05) is 27.6 Å². The van der Waals surface area contributed by atoms with E-state index in [1.165, 1.54) is 0 Å². The van der Waals surface area contributed by atoms with E-state index >= 15 is 0 Å². The summed E-state index contributed by atoms with van der Waals surface area (Å²) in [6.07, 6.45) is 0.918. The second-order valence-corrected chi connectivity index (χ2v) is 10.6. The summed E-state index contributed by atoms with van der Waals surface area (Å²) in [5.74, 6) is 0.974. The Kier molecular flexibility index (Phi) is 4.27. The van der Waals surface area contributed by atoms with Crippen molar-refractivity contribution in [2.45, 2.75) is 53.5 Å². The number of benzene rings is 2. The highest BCUT2D eigenvalue weighted by Crippen LogP contribution is 2.35. The summed E-state index contributed by atoms with van der Waals surface area (Å²) in [5.41, 5.74) is 5.96. The summed E-state index contributed by atoms with van der Waals surface area (Å²) in [4.78, 5) is 9.80. The lowest BCUT2D eigenvalue weighted by Gasteiger charge is -2.24. The maximum atomic E-state index is 6.12. The molecule has 0 atom stereocenters. The van der Waals surface area contributed by atoms with Crippen molar-refractivity contribution in [2.24, 2.45) is 5.41 Å². The van der Waals surface area contributed by atoms with Gasteiger partial charge < -0.3 is 8.98 Å². The summed E-state index contributed by atoms with van der Waals surface area (Å²) in [6, 6.07) is 18.9. The lowest BCUT2D eigenvalue weighted by molar-refractivity contribution is 0.406. The molecule has 3 aromatic heterocycles. The normalized spacial score (nSPS) is 13.0. The Morgan fingerprint density at radius 1 is 0.839 bits per heavy atom. The number of pyridine rings is 1. The molecule has 0 unspecified atom stereocenters. The van der Waals surface area contributed by atoms with E-state index in [0.29, 0.717) is 5.71 Å². The molecule has 0 saturated heterocycles. The fraction of sp³-hybridized carbons (Fsp3) is 0.333. The quantitative estimate of drug-likeness (QED) is 0.305. The molecule has 0 N–H and O–H groups in total. The van der Waals surface area contributed by atoms with Gasteiger partial charge in [0.1, 0.15) is 11.4 Å². The van der Waals surface area contributed by atoms with Crippen molar-refractivity contribution in [3.05, 3.63) is 60.3 Å². The average molecular weight is 412 g/mol. The molecule has 5 rings (SSSR count). The number of imidazole rings is 1. The monoisotopic (exact) mass is 411 g/mol. The van der Waals surface area contributed by atoms with E-state index in [2.05, 4.69) is 88.6 Å². The lowest BCUT2D eigenvalue weighted by atomic mass is 9.90. The number of fused-ring (bicyclic) bond motifs is 4. The predicted octanol–water partition coefficient (Wildman–Crippen LogP) is 7.34. The molecule has 5 aromatic rings. The van der Waals surface area contributed by atoms with Gasteiger partial charge in [0.05, 0.1) is 11.0 Å². The second kappa shape index (κ2) is 6.68. The van der Waals surface area contributed by atoms with Gasteiger partial charge >= 0.3 is 0 Å². The first-order chi connectivity index (χ1) is 14.6. The van der Waals surface area contributed by atoms with Gasteiger partial charge in [0.2, 0.25) is 5.71 Å². The van der Waals surface area contributed by atoms with Gasteiger partial charge in [-0.1, -0.05) is 32.9 Å². The van der Waals surface area contributed by atoms with E-state index in [1.807, 2.05) is 12.1 Å². The van der Waals surface area contributed by atoms with Crippen LogP contribution in [0.25, 0.3) is 44.5 Å². The SMILES string of the molecule is CC(C)(C)Cc1ccc2c(n1)oc1ccc(-c3nc4ccccc4n3C(C)(C)C)cc12. The smallest absolute Gasteiger partial charge is 0.227 e. The van der Waals surface area contributed by atoms with Crippen LogP contribution in [-0.4, -0.2) is 14.5 Å². The van der Waals surface area contributed by atoms with Crippen LogP contribution in [0.15, 0.2) is 59.0 Å². The second-order valence-electron chi connectivity index (χ2n) is 10.6. The Morgan fingerprint density at radius 3 is 2.35 bits per heavy atom. The molecule has 4 nitrogen and oxygen atoms in total. The number of furan rings is 1. The van der Waals surface area contributed by atoms with Crippen molar-refractivity contribution in [1.29, 1.82) is 0 Å². The third-order valence-corrected chi connectivity index (χ3v) is 5.60. The molecular weight excluding hydrogens is 382 g/mol. The molecule has 4 heteroatoms. The molecule has 0 aliphatic carbocycles. The van der Waals surface area contributed by atoms with E-state index in [4.69, 9.17) is 14.4 Å². The minimum Gasteiger partial charge on any atom is -0.438 e. The highest BCUT2D eigenvalue weighted by atomic mass is 16.3. The van der Waals surface area contributed by atoms with Crippen LogP contribution in [0, 0.1) is 5.41 Å². The van der Waals surface area contributed by atoms with E-state index < -0.39 is 0 Å². The number of hydrogen-bond donors (Lipinski definition) is 0. The Bertz CT molecular complexity index is 1420. The highest BCUT2D eigenvalue weighted by Gasteiger charge is 2.23. The molecule has 0 radical (unpaired) electrons. The van der Waals surface area contributed by atoms with Crippen molar-refractivity contribution in [3.8, 4) is 11.4 Å². The molecule has 0 amide bonds. The van der Waals surface area contributed by atoms with Crippen LogP contribution in [0.3, 0.4) is 0 Å². The molecule has 2 aromatic carbocycles. The standard InChI is InChI=1S/C27H29N3O/c1-26(2,3)16-18-12-13-19-20-15-17(11-14-23(20)31-25(19)28-18)24-29-21-9-7-8-10-22(21)30(24)27(4,5)6/h7-15H,16H2,1-6H3. The van der Waals surface area contributed by atoms with Gasteiger partial charge in [-0.15, -0.1) is 0 Å². The molecule has 0 saturated carbocycles. The summed E-state index contributed by atoms with van der Waals surface area (Å²) < 4.78 is 8.44. The molecule has 0 aliphatic heterocycles. The largest absolute Gasteiger partial charge is 0.438 e. The van der Waals surface area contributed by atoms with Gasteiger partial charge in [0.15, 0.2) is 0 Å². The van der Waals surface area contributed by atoms with Crippen LogP contribution < -0.4 is 0 Å². The molecule has 158 valence electrons. The highest BCUT2D eigenvalue weighted by molar-refractivity contribution is 6.05. The molecule has 0 fully saturated rings. The van der Waals surface area contributed by atoms with Gasteiger partial charge in [0.25, 0.3) is 0 Å². The maximum Gasteiger partial charge on any atom is 0.227 e. The minimum absolute atomic E-state index is 0.0950. The Morgan fingerprint density at radius 2 is 1.61 bits per heavy atom. The van der Waals surface area contributed by atoms with Crippen molar-refractivity contribution in [2.75, 3.05) is 0 Å². The van der Waals surface area contributed by atoms with E-state index in [9.17, 15) is 0 Å². The first kappa shape index (κ1) is 19.8. The fourth-order valence-electron chi connectivity index (χ4n) is 4.37. The van der Waals surface area contributed by atoms with Crippen molar-refractivity contribution >= 4 is 33.1 Å². The zero-order valence-electron chi connectivity index (χ0n) is 19.2. The molecule has 31 heavy (non-hydrogen) atoms. The molecule has 0 spiro atoms. The maximum absolute atomic E-state index is 6.12. The Labute approximate surface area is 182 Å². The van der Waals surface area contributed by atoms with Gasteiger partial charge in [-0.2, -0.15) is 0 Å². The van der Waals surface area contributed by atoms with Crippen LogP contribution in [-0.2, 0) is 12.0 Å². The first-order valence-corrected chi connectivity index (χ1v) is 10.9. The van der Waals surface area contributed by atoms with E-state index in [-0.39, 0.29) is 11.0 Å². The van der Waals surface area contributed by atoms with Crippen LogP contribution in [0.1, 0.15) is 47.2 Å². The number of hydrogen-bond acceptors (Lipinski definition) is 3. The zero-order chi connectivity index (χ0) is 22.0. The van der Waals surface area contributed by atoms with Crippen molar-refractivity contribution in [3.63, 3.8) is 0 Å². The van der Waals surface area contributed by atoms with Crippen LogP contribution in [0.2, 0.25) is 0 Å². The van der Waals surface area contributed by atoms with Crippen molar-refractivity contribution < 1.29 is 4.42 Å². The van der Waals surface area contributed by atoms with Crippen LogP contribution in [0.5, 0.6) is 0 Å². The van der Waals surface area contributed by atoms with Crippen molar-refractivity contribution in [1.82, 2.24) is 14.5 Å². The van der Waals surface area contributed by atoms with E-state index in [1.54, 1.807) is 0 Å². The average Bonchev–Trinajstić information content (AvgIpc) is 3.23. The van der Waals surface area contributed by atoms with E-state index in [0.717, 1.165) is 50.9 Å². The summed E-state index contributed by atoms with van der Waals surface area (Å²) in [5, 5.41) is 2.13. The fourth-order valence-corrected chi connectivity index (χ4v) is 4.37. The lowest BCUT2D eigenvalue weighted by Crippen LogP contribution is -2.22. The summed E-state index contributed by atoms with van der Waals surface area (Å²) in [7, 11) is 0. The van der Waals surface area contributed by atoms with Crippen LogP contribution in [0.4, 0.5) is 0 Å².